The fourth-order valence-electron chi connectivity index (χ4n) is 2.97. The molecule has 2 unspecified atom stereocenters. The molecular weight excluding hydrogens is 228 g/mol. The van der Waals surface area contributed by atoms with E-state index >= 15 is 0 Å². The number of fused-ring (bicyclic) bond motifs is 1. The molecule has 5 nitrogen and oxygen atoms in total. The molecule has 0 amide bonds. The molecule has 1 aromatic rings. The highest BCUT2D eigenvalue weighted by atomic mass is 16.5. The smallest absolute Gasteiger partial charge is 0.225 e. The predicted molar refractivity (Wildman–Crippen MR) is 69.5 cm³/mol. The van der Waals surface area contributed by atoms with E-state index in [0.29, 0.717) is 12.1 Å². The zero-order valence-electron chi connectivity index (χ0n) is 10.8. The zero-order valence-corrected chi connectivity index (χ0v) is 10.8. The summed E-state index contributed by atoms with van der Waals surface area (Å²) in [6.45, 7) is 2.52. The van der Waals surface area contributed by atoms with Crippen molar-refractivity contribution in [2.75, 3.05) is 25.1 Å². The average Bonchev–Trinajstić information content (AvgIpc) is 2.88. The summed E-state index contributed by atoms with van der Waals surface area (Å²) >= 11 is 0. The van der Waals surface area contributed by atoms with Crippen LogP contribution in [0, 0.1) is 0 Å². The highest BCUT2D eigenvalue weighted by Gasteiger charge is 2.37. The van der Waals surface area contributed by atoms with E-state index < -0.39 is 0 Å². The molecule has 5 heteroatoms. The summed E-state index contributed by atoms with van der Waals surface area (Å²) < 4.78 is 5.81. The van der Waals surface area contributed by atoms with E-state index in [2.05, 4.69) is 20.2 Å². The lowest BCUT2D eigenvalue weighted by atomic mass is 10.1. The zero-order chi connectivity index (χ0) is 12.4. The Balaban J connectivity index is 1.76. The van der Waals surface area contributed by atoms with E-state index in [9.17, 15) is 0 Å². The summed E-state index contributed by atoms with van der Waals surface area (Å²) in [5, 5.41) is 3.11. The number of aromatic nitrogens is 2. The molecule has 18 heavy (non-hydrogen) atoms. The third kappa shape index (κ3) is 2.20. The van der Waals surface area contributed by atoms with Gasteiger partial charge >= 0.3 is 0 Å². The molecule has 1 N–H and O–H groups in total. The van der Waals surface area contributed by atoms with Gasteiger partial charge in [-0.15, -0.1) is 0 Å². The maximum absolute atomic E-state index is 5.81. The van der Waals surface area contributed by atoms with Gasteiger partial charge in [-0.3, -0.25) is 0 Å². The maximum Gasteiger partial charge on any atom is 0.225 e. The maximum atomic E-state index is 5.81. The molecule has 1 aromatic heterocycles. The third-order valence-corrected chi connectivity index (χ3v) is 3.81. The predicted octanol–water partition coefficient (Wildman–Crippen LogP) is 0.954. The topological polar surface area (TPSA) is 50.3 Å². The first kappa shape index (κ1) is 11.9. The van der Waals surface area contributed by atoms with Gasteiger partial charge < -0.3 is 15.0 Å². The Morgan fingerprint density at radius 3 is 3.00 bits per heavy atom. The van der Waals surface area contributed by atoms with E-state index in [-0.39, 0.29) is 0 Å². The van der Waals surface area contributed by atoms with E-state index in [4.69, 9.17) is 4.74 Å². The van der Waals surface area contributed by atoms with Crippen LogP contribution in [0.3, 0.4) is 0 Å². The first-order valence-corrected chi connectivity index (χ1v) is 6.72. The summed E-state index contributed by atoms with van der Waals surface area (Å²) in [4.78, 5) is 11.3. The van der Waals surface area contributed by atoms with Crippen molar-refractivity contribution in [2.24, 2.45) is 0 Å². The van der Waals surface area contributed by atoms with E-state index in [1.807, 2.05) is 19.4 Å². The van der Waals surface area contributed by atoms with Crippen molar-refractivity contribution in [3.05, 3.63) is 18.0 Å². The molecule has 1 aliphatic carbocycles. The SMILES string of the molecule is CNCc1cnc(N2CCOC3CCCC32)nc1. The number of nitrogens with one attached hydrogen (secondary N) is 1. The van der Waals surface area contributed by atoms with E-state index in [0.717, 1.165) is 31.2 Å². The summed E-state index contributed by atoms with van der Waals surface area (Å²) in [7, 11) is 1.93. The molecule has 3 rings (SSSR count). The monoisotopic (exact) mass is 248 g/mol. The van der Waals surface area contributed by atoms with Crippen LogP contribution in [0.25, 0.3) is 0 Å². The van der Waals surface area contributed by atoms with E-state index in [1.165, 1.54) is 19.3 Å². The van der Waals surface area contributed by atoms with Crippen LogP contribution < -0.4 is 10.2 Å². The lowest BCUT2D eigenvalue weighted by Crippen LogP contribution is -2.49. The Labute approximate surface area is 108 Å². The van der Waals surface area contributed by atoms with Gasteiger partial charge in [-0.25, -0.2) is 9.97 Å². The average molecular weight is 248 g/mol. The minimum absolute atomic E-state index is 0.388. The van der Waals surface area contributed by atoms with Crippen LogP contribution in [0.4, 0.5) is 5.95 Å². The molecule has 0 spiro atoms. The number of morpholine rings is 1. The van der Waals surface area contributed by atoms with Crippen molar-refractivity contribution < 1.29 is 4.74 Å². The van der Waals surface area contributed by atoms with Gasteiger partial charge in [0.25, 0.3) is 0 Å². The fraction of sp³-hybridized carbons (Fsp3) is 0.692. The van der Waals surface area contributed by atoms with Crippen LogP contribution in [-0.4, -0.2) is 42.3 Å². The van der Waals surface area contributed by atoms with Crippen molar-refractivity contribution in [3.8, 4) is 0 Å². The Morgan fingerprint density at radius 1 is 1.39 bits per heavy atom. The van der Waals surface area contributed by atoms with Gasteiger partial charge in [0.2, 0.25) is 5.95 Å². The van der Waals surface area contributed by atoms with Gasteiger partial charge in [-0.2, -0.15) is 0 Å². The van der Waals surface area contributed by atoms with Crippen molar-refractivity contribution in [2.45, 2.75) is 38.0 Å². The van der Waals surface area contributed by atoms with Gasteiger partial charge in [0.1, 0.15) is 0 Å². The number of hydrogen-bond donors (Lipinski definition) is 1. The van der Waals surface area contributed by atoms with E-state index in [1.54, 1.807) is 0 Å². The van der Waals surface area contributed by atoms with Crippen LogP contribution in [-0.2, 0) is 11.3 Å². The lowest BCUT2D eigenvalue weighted by Gasteiger charge is -2.37. The number of rotatable bonds is 3. The molecule has 0 radical (unpaired) electrons. The second-order valence-corrected chi connectivity index (χ2v) is 5.02. The van der Waals surface area contributed by atoms with Crippen LogP contribution in [0.5, 0.6) is 0 Å². The third-order valence-electron chi connectivity index (χ3n) is 3.81. The molecule has 2 fully saturated rings. The second-order valence-electron chi connectivity index (χ2n) is 5.02. The van der Waals surface area contributed by atoms with Gasteiger partial charge in [-0.05, 0) is 26.3 Å². The number of ether oxygens (including phenoxy) is 1. The summed E-state index contributed by atoms with van der Waals surface area (Å²) in [5.74, 6) is 0.857. The first-order chi connectivity index (χ1) is 8.88. The molecule has 2 heterocycles. The van der Waals surface area contributed by atoms with Crippen molar-refractivity contribution in [1.29, 1.82) is 0 Å². The fourth-order valence-corrected chi connectivity index (χ4v) is 2.97. The second kappa shape index (κ2) is 5.20. The number of nitrogens with zero attached hydrogens (tertiary/aromatic N) is 3. The molecular formula is C13H20N4O. The summed E-state index contributed by atoms with van der Waals surface area (Å²) in [6, 6.07) is 0.480. The molecule has 0 bridgehead atoms. The molecule has 1 saturated carbocycles. The molecule has 0 aromatic carbocycles. The van der Waals surface area contributed by atoms with Crippen molar-refractivity contribution in [3.63, 3.8) is 0 Å². The van der Waals surface area contributed by atoms with Gasteiger partial charge in [-0.1, -0.05) is 0 Å². The quantitative estimate of drug-likeness (QED) is 0.863. The number of hydrogen-bond acceptors (Lipinski definition) is 5. The molecule has 1 aliphatic heterocycles. The largest absolute Gasteiger partial charge is 0.374 e. The molecule has 2 aliphatic rings. The Hall–Kier alpha value is -1.20. The van der Waals surface area contributed by atoms with Gasteiger partial charge in [0.05, 0.1) is 18.8 Å². The van der Waals surface area contributed by atoms with Crippen molar-refractivity contribution >= 4 is 5.95 Å². The Bertz CT molecular complexity index is 394. The van der Waals surface area contributed by atoms with Crippen LogP contribution in [0.1, 0.15) is 24.8 Å². The highest BCUT2D eigenvalue weighted by Crippen LogP contribution is 2.31. The van der Waals surface area contributed by atoms with Gasteiger partial charge in [0, 0.05) is 31.0 Å². The first-order valence-electron chi connectivity index (χ1n) is 6.72. The molecule has 98 valence electrons. The van der Waals surface area contributed by atoms with Crippen LogP contribution in [0.15, 0.2) is 12.4 Å². The lowest BCUT2D eigenvalue weighted by molar-refractivity contribution is 0.0250. The summed E-state index contributed by atoms with van der Waals surface area (Å²) in [6.07, 6.45) is 7.85. The highest BCUT2D eigenvalue weighted by molar-refractivity contribution is 5.34. The number of anilines is 1. The standard InChI is InChI=1S/C13H20N4O/c1-14-7-10-8-15-13(16-9-10)17-5-6-18-12-4-2-3-11(12)17/h8-9,11-12,14H,2-7H2,1H3. The van der Waals surface area contributed by atoms with Crippen LogP contribution >= 0.6 is 0 Å². The van der Waals surface area contributed by atoms with Crippen LogP contribution in [0.2, 0.25) is 0 Å². The normalized spacial score (nSPS) is 27.3. The Kier molecular flexibility index (Phi) is 3.43. The minimum Gasteiger partial charge on any atom is -0.374 e. The molecule has 2 atom stereocenters. The summed E-state index contributed by atoms with van der Waals surface area (Å²) in [5.41, 5.74) is 1.12. The molecule has 1 saturated heterocycles. The Morgan fingerprint density at radius 2 is 2.22 bits per heavy atom. The minimum atomic E-state index is 0.388. The van der Waals surface area contributed by atoms with Crippen molar-refractivity contribution in [1.82, 2.24) is 15.3 Å². The van der Waals surface area contributed by atoms with Gasteiger partial charge in [0.15, 0.2) is 0 Å².